The molecular weight excluding hydrogens is 242 g/mol. The Morgan fingerprint density at radius 2 is 2.17 bits per heavy atom. The summed E-state index contributed by atoms with van der Waals surface area (Å²) in [6.45, 7) is 1.86. The van der Waals surface area contributed by atoms with Crippen molar-refractivity contribution >= 4 is 17.8 Å². The Morgan fingerprint density at radius 3 is 2.61 bits per heavy atom. The molecule has 8 nitrogen and oxygen atoms in total. The first-order valence-electron chi connectivity index (χ1n) is 5.19. The molecule has 0 bridgehead atoms. The van der Waals surface area contributed by atoms with Crippen molar-refractivity contribution in [1.82, 2.24) is 15.4 Å². The van der Waals surface area contributed by atoms with E-state index in [9.17, 15) is 14.4 Å². The fourth-order valence-corrected chi connectivity index (χ4v) is 1.22. The molecule has 1 heterocycles. The number of amides is 2. The van der Waals surface area contributed by atoms with Crippen molar-refractivity contribution in [3.8, 4) is 0 Å². The van der Waals surface area contributed by atoms with Gasteiger partial charge in [-0.2, -0.15) is 0 Å². The highest BCUT2D eigenvalue weighted by atomic mass is 16.5. The first-order chi connectivity index (χ1) is 8.49. The molecule has 1 rings (SSSR count). The summed E-state index contributed by atoms with van der Waals surface area (Å²) in [5.41, 5.74) is -0.141. The smallest absolute Gasteiger partial charge is 0.374 e. The van der Waals surface area contributed by atoms with Crippen LogP contribution in [0.2, 0.25) is 0 Å². The Bertz CT molecular complexity index is 468. The van der Waals surface area contributed by atoms with Crippen LogP contribution < -0.4 is 5.32 Å². The van der Waals surface area contributed by atoms with Crippen LogP contribution in [0.1, 0.15) is 28.0 Å². The van der Waals surface area contributed by atoms with Crippen LogP contribution >= 0.6 is 0 Å². The van der Waals surface area contributed by atoms with Crippen LogP contribution in [0.5, 0.6) is 0 Å². The molecule has 1 aromatic rings. The Hall–Kier alpha value is -2.38. The van der Waals surface area contributed by atoms with Gasteiger partial charge in [-0.1, -0.05) is 5.16 Å². The van der Waals surface area contributed by atoms with Crippen molar-refractivity contribution in [2.75, 3.05) is 20.1 Å². The standard InChI is InChI=1S/C10H13N3O5/c1-3-13(5-8(14)11-2)9(15)6-4-7(10(16)17)18-12-6/h4H,3,5H2,1-2H3,(H,11,14)(H,16,17). The van der Waals surface area contributed by atoms with E-state index in [4.69, 9.17) is 5.11 Å². The predicted molar refractivity (Wildman–Crippen MR) is 59.1 cm³/mol. The summed E-state index contributed by atoms with van der Waals surface area (Å²) >= 11 is 0. The predicted octanol–water partition coefficient (Wildman–Crippen LogP) is -0.419. The number of aromatic carboxylic acids is 1. The molecule has 2 amide bonds. The van der Waals surface area contributed by atoms with Crippen LogP contribution in [-0.2, 0) is 4.79 Å². The number of likely N-dealkylation sites (N-methyl/N-ethyl adjacent to an activating group) is 2. The van der Waals surface area contributed by atoms with E-state index < -0.39 is 17.6 Å². The van der Waals surface area contributed by atoms with Gasteiger partial charge in [0.1, 0.15) is 0 Å². The number of nitrogens with one attached hydrogen (secondary N) is 1. The van der Waals surface area contributed by atoms with Crippen LogP contribution in [0.3, 0.4) is 0 Å². The van der Waals surface area contributed by atoms with Gasteiger partial charge in [-0.25, -0.2) is 4.79 Å². The Morgan fingerprint density at radius 1 is 1.50 bits per heavy atom. The van der Waals surface area contributed by atoms with Crippen molar-refractivity contribution < 1.29 is 24.0 Å². The van der Waals surface area contributed by atoms with Gasteiger partial charge in [0.05, 0.1) is 6.54 Å². The fourth-order valence-electron chi connectivity index (χ4n) is 1.22. The molecule has 0 spiro atoms. The van der Waals surface area contributed by atoms with Gasteiger partial charge < -0.3 is 19.8 Å². The molecular formula is C10H13N3O5. The van der Waals surface area contributed by atoms with E-state index >= 15 is 0 Å². The lowest BCUT2D eigenvalue weighted by atomic mass is 10.3. The molecule has 0 unspecified atom stereocenters. The maximum atomic E-state index is 11.9. The number of hydrogen-bond acceptors (Lipinski definition) is 5. The normalized spacial score (nSPS) is 9.89. The maximum absolute atomic E-state index is 11.9. The lowest BCUT2D eigenvalue weighted by molar-refractivity contribution is -0.121. The second-order valence-electron chi connectivity index (χ2n) is 3.37. The highest BCUT2D eigenvalue weighted by Gasteiger charge is 2.22. The number of rotatable bonds is 5. The molecule has 0 radical (unpaired) electrons. The van der Waals surface area contributed by atoms with E-state index in [-0.39, 0.29) is 18.1 Å². The number of carbonyl (C=O) groups excluding carboxylic acids is 2. The molecule has 0 aliphatic carbocycles. The lowest BCUT2D eigenvalue weighted by Gasteiger charge is -2.18. The molecule has 2 N–H and O–H groups in total. The van der Waals surface area contributed by atoms with E-state index in [1.807, 2.05) is 0 Å². The Kier molecular flexibility index (Phi) is 4.41. The summed E-state index contributed by atoms with van der Waals surface area (Å²) in [6, 6.07) is 1.02. The quantitative estimate of drug-likeness (QED) is 0.738. The van der Waals surface area contributed by atoms with E-state index in [0.717, 1.165) is 6.07 Å². The SMILES string of the molecule is CCN(CC(=O)NC)C(=O)c1cc(C(=O)O)on1. The van der Waals surface area contributed by atoms with Crippen LogP contribution in [0.4, 0.5) is 0 Å². The zero-order valence-electron chi connectivity index (χ0n) is 9.97. The molecule has 0 saturated heterocycles. The van der Waals surface area contributed by atoms with Gasteiger partial charge in [-0.15, -0.1) is 0 Å². The monoisotopic (exact) mass is 255 g/mol. The van der Waals surface area contributed by atoms with Gasteiger partial charge in [0, 0.05) is 19.7 Å². The van der Waals surface area contributed by atoms with Crippen LogP contribution in [-0.4, -0.2) is 53.1 Å². The van der Waals surface area contributed by atoms with Crippen molar-refractivity contribution in [3.05, 3.63) is 17.5 Å². The summed E-state index contributed by atoms with van der Waals surface area (Å²) in [5.74, 6) is -2.62. The van der Waals surface area contributed by atoms with Crippen molar-refractivity contribution in [1.29, 1.82) is 0 Å². The molecule has 18 heavy (non-hydrogen) atoms. The Labute approximate surface area is 103 Å². The van der Waals surface area contributed by atoms with Crippen LogP contribution in [0, 0.1) is 0 Å². The van der Waals surface area contributed by atoms with E-state index in [2.05, 4.69) is 15.0 Å². The van der Waals surface area contributed by atoms with Crippen LogP contribution in [0.25, 0.3) is 0 Å². The van der Waals surface area contributed by atoms with Crippen molar-refractivity contribution in [3.63, 3.8) is 0 Å². The van der Waals surface area contributed by atoms with Crippen molar-refractivity contribution in [2.45, 2.75) is 6.92 Å². The topological polar surface area (TPSA) is 113 Å². The first kappa shape index (κ1) is 13.7. The number of carbonyl (C=O) groups is 3. The molecule has 98 valence electrons. The third kappa shape index (κ3) is 3.06. The van der Waals surface area contributed by atoms with Gasteiger partial charge in [-0.05, 0) is 6.92 Å². The number of nitrogens with zero attached hydrogens (tertiary/aromatic N) is 2. The number of hydrogen-bond donors (Lipinski definition) is 2. The lowest BCUT2D eigenvalue weighted by Crippen LogP contribution is -2.39. The average Bonchev–Trinajstić information content (AvgIpc) is 2.84. The minimum atomic E-state index is -1.31. The molecule has 0 fully saturated rings. The number of carboxylic acids is 1. The first-order valence-corrected chi connectivity index (χ1v) is 5.19. The summed E-state index contributed by atoms with van der Waals surface area (Å²) in [7, 11) is 1.46. The molecule has 8 heteroatoms. The molecule has 1 aromatic heterocycles. The minimum absolute atomic E-state index is 0.124. The van der Waals surface area contributed by atoms with Gasteiger partial charge >= 0.3 is 5.97 Å². The third-order valence-electron chi connectivity index (χ3n) is 2.22. The maximum Gasteiger partial charge on any atom is 0.374 e. The van der Waals surface area contributed by atoms with E-state index in [1.54, 1.807) is 6.92 Å². The second-order valence-corrected chi connectivity index (χ2v) is 3.37. The van der Waals surface area contributed by atoms with Crippen molar-refractivity contribution in [2.24, 2.45) is 0 Å². The molecule has 0 aliphatic heterocycles. The number of aromatic nitrogens is 1. The highest BCUT2D eigenvalue weighted by molar-refractivity contribution is 5.96. The second kappa shape index (κ2) is 5.80. The van der Waals surface area contributed by atoms with Gasteiger partial charge in [0.15, 0.2) is 5.69 Å². The number of carboxylic acid groups (broad SMARTS) is 1. The summed E-state index contributed by atoms with van der Waals surface area (Å²) < 4.78 is 4.48. The Balaban J connectivity index is 2.82. The largest absolute Gasteiger partial charge is 0.475 e. The average molecular weight is 255 g/mol. The zero-order valence-corrected chi connectivity index (χ0v) is 9.97. The summed E-state index contributed by atoms with van der Waals surface area (Å²) in [5, 5.41) is 14.4. The minimum Gasteiger partial charge on any atom is -0.475 e. The highest BCUT2D eigenvalue weighted by Crippen LogP contribution is 2.07. The van der Waals surface area contributed by atoms with Gasteiger partial charge in [-0.3, -0.25) is 9.59 Å². The third-order valence-corrected chi connectivity index (χ3v) is 2.22. The zero-order chi connectivity index (χ0) is 13.7. The van der Waals surface area contributed by atoms with Gasteiger partial charge in [0.2, 0.25) is 11.7 Å². The fraction of sp³-hybridized carbons (Fsp3) is 0.400. The summed E-state index contributed by atoms with van der Waals surface area (Å²) in [4.78, 5) is 34.9. The molecule has 0 saturated carbocycles. The van der Waals surface area contributed by atoms with E-state index in [1.165, 1.54) is 11.9 Å². The molecule has 0 aliphatic rings. The van der Waals surface area contributed by atoms with Gasteiger partial charge in [0.25, 0.3) is 5.91 Å². The van der Waals surface area contributed by atoms with Crippen LogP contribution in [0.15, 0.2) is 10.6 Å². The molecule has 0 aromatic carbocycles. The van der Waals surface area contributed by atoms with E-state index in [0.29, 0.717) is 6.54 Å². The summed E-state index contributed by atoms with van der Waals surface area (Å²) in [6.07, 6.45) is 0. The molecule has 0 atom stereocenters.